The SMILES string of the molecule is CC(C)(C)[Si](C)(C)OCCC(CCCCCCCCCCOC1CCCCO1)c1cc([N+](=O)[O-])ccc1OC(=O)O. The van der Waals surface area contributed by atoms with Gasteiger partial charge in [-0.2, -0.15) is 0 Å². The minimum absolute atomic E-state index is 0.0000130. The highest BCUT2D eigenvalue weighted by Gasteiger charge is 2.37. The molecular weight excluding hydrogens is 542 g/mol. The topological polar surface area (TPSA) is 117 Å². The maximum atomic E-state index is 11.5. The average molecular weight is 596 g/mol. The number of non-ortho nitro benzene ring substituents is 1. The summed E-state index contributed by atoms with van der Waals surface area (Å²) in [6.45, 7) is 13.1. The third kappa shape index (κ3) is 13.2. The summed E-state index contributed by atoms with van der Waals surface area (Å²) in [7, 11) is -1.96. The van der Waals surface area contributed by atoms with Crippen molar-refractivity contribution in [1.82, 2.24) is 0 Å². The van der Waals surface area contributed by atoms with Gasteiger partial charge >= 0.3 is 6.16 Å². The molecule has 1 aromatic carbocycles. The van der Waals surface area contributed by atoms with Crippen LogP contribution in [-0.4, -0.2) is 50.6 Å². The molecule has 234 valence electrons. The molecule has 1 saturated heterocycles. The molecule has 0 aromatic heterocycles. The molecule has 0 radical (unpaired) electrons. The van der Waals surface area contributed by atoms with E-state index in [1.165, 1.54) is 50.3 Å². The Morgan fingerprint density at radius 3 is 2.29 bits per heavy atom. The van der Waals surface area contributed by atoms with Crippen LogP contribution in [0.2, 0.25) is 18.1 Å². The predicted octanol–water partition coefficient (Wildman–Crippen LogP) is 9.20. The highest BCUT2D eigenvalue weighted by Crippen LogP contribution is 2.39. The van der Waals surface area contributed by atoms with Gasteiger partial charge in [-0.05, 0) is 68.6 Å². The van der Waals surface area contributed by atoms with E-state index >= 15 is 0 Å². The average Bonchev–Trinajstić information content (AvgIpc) is 2.90. The van der Waals surface area contributed by atoms with Crippen molar-refractivity contribution in [3.05, 3.63) is 33.9 Å². The molecule has 0 saturated carbocycles. The number of nitro groups is 1. The number of nitro benzene ring substituents is 1. The van der Waals surface area contributed by atoms with Gasteiger partial charge in [0.25, 0.3) is 5.69 Å². The van der Waals surface area contributed by atoms with Crippen LogP contribution in [0.3, 0.4) is 0 Å². The minimum Gasteiger partial charge on any atom is -0.449 e. The second-order valence-corrected chi connectivity index (χ2v) is 17.5. The third-order valence-electron chi connectivity index (χ3n) is 8.47. The normalized spacial score (nSPS) is 16.9. The molecule has 1 aromatic rings. The van der Waals surface area contributed by atoms with Crippen LogP contribution in [0.25, 0.3) is 0 Å². The Kier molecular flexibility index (Phi) is 15.3. The number of unbranched alkanes of at least 4 members (excludes halogenated alkanes) is 7. The minimum atomic E-state index is -1.96. The zero-order valence-electron chi connectivity index (χ0n) is 26.0. The van der Waals surface area contributed by atoms with Gasteiger partial charge in [-0.3, -0.25) is 10.1 Å². The molecule has 2 unspecified atom stereocenters. The second kappa shape index (κ2) is 17.8. The van der Waals surface area contributed by atoms with Gasteiger partial charge < -0.3 is 23.7 Å². The Labute approximate surface area is 247 Å². The van der Waals surface area contributed by atoms with Crippen LogP contribution in [0.5, 0.6) is 5.75 Å². The summed E-state index contributed by atoms with van der Waals surface area (Å²) in [6.07, 6.45) is 12.3. The van der Waals surface area contributed by atoms with Crippen molar-refractivity contribution in [2.75, 3.05) is 19.8 Å². The Morgan fingerprint density at radius 2 is 1.71 bits per heavy atom. The van der Waals surface area contributed by atoms with E-state index in [1.54, 1.807) is 0 Å². The molecule has 41 heavy (non-hydrogen) atoms. The van der Waals surface area contributed by atoms with Gasteiger partial charge in [-0.25, -0.2) is 4.79 Å². The lowest BCUT2D eigenvalue weighted by molar-refractivity contribution is -0.385. The zero-order valence-corrected chi connectivity index (χ0v) is 27.0. The van der Waals surface area contributed by atoms with Crippen LogP contribution in [0, 0.1) is 10.1 Å². The number of carboxylic acid groups (broad SMARTS) is 1. The Morgan fingerprint density at radius 1 is 1.05 bits per heavy atom. The van der Waals surface area contributed by atoms with Crippen LogP contribution >= 0.6 is 0 Å². The number of rotatable bonds is 19. The summed E-state index contributed by atoms with van der Waals surface area (Å²) in [6, 6.07) is 4.16. The molecule has 1 fully saturated rings. The number of carbonyl (C=O) groups is 1. The van der Waals surface area contributed by atoms with Gasteiger partial charge in [-0.1, -0.05) is 65.7 Å². The number of hydrogen-bond donors (Lipinski definition) is 1. The van der Waals surface area contributed by atoms with Crippen molar-refractivity contribution < 1.29 is 33.5 Å². The van der Waals surface area contributed by atoms with E-state index < -0.39 is 19.4 Å². The summed E-state index contributed by atoms with van der Waals surface area (Å²) in [5.74, 6) is 0.0709. The van der Waals surface area contributed by atoms with E-state index in [0.29, 0.717) is 18.6 Å². The van der Waals surface area contributed by atoms with E-state index in [-0.39, 0.29) is 28.7 Å². The summed E-state index contributed by atoms with van der Waals surface area (Å²) < 4.78 is 22.9. The molecule has 1 aliphatic rings. The largest absolute Gasteiger partial charge is 0.511 e. The maximum absolute atomic E-state index is 11.5. The lowest BCUT2D eigenvalue weighted by Crippen LogP contribution is -2.41. The first-order valence-corrected chi connectivity index (χ1v) is 18.4. The van der Waals surface area contributed by atoms with E-state index in [4.69, 9.17) is 18.6 Å². The Hall–Kier alpha value is -2.01. The maximum Gasteiger partial charge on any atom is 0.511 e. The summed E-state index contributed by atoms with van der Waals surface area (Å²) in [5.41, 5.74) is 0.506. The van der Waals surface area contributed by atoms with Gasteiger partial charge in [0.1, 0.15) is 5.75 Å². The molecule has 1 N–H and O–H groups in total. The molecule has 1 heterocycles. The Balaban J connectivity index is 1.85. The van der Waals surface area contributed by atoms with Crippen LogP contribution in [-0.2, 0) is 13.9 Å². The van der Waals surface area contributed by atoms with Gasteiger partial charge in [0.2, 0.25) is 0 Å². The van der Waals surface area contributed by atoms with Crippen molar-refractivity contribution in [3.8, 4) is 5.75 Å². The highest BCUT2D eigenvalue weighted by molar-refractivity contribution is 6.74. The fourth-order valence-electron chi connectivity index (χ4n) is 4.89. The fraction of sp³-hybridized carbons (Fsp3) is 0.774. The van der Waals surface area contributed by atoms with E-state index in [2.05, 4.69) is 33.9 Å². The van der Waals surface area contributed by atoms with Gasteiger partial charge in [-0.15, -0.1) is 0 Å². The van der Waals surface area contributed by atoms with E-state index in [1.807, 2.05) is 0 Å². The van der Waals surface area contributed by atoms with Gasteiger partial charge in [0.15, 0.2) is 14.6 Å². The van der Waals surface area contributed by atoms with Crippen molar-refractivity contribution in [3.63, 3.8) is 0 Å². The molecule has 0 amide bonds. The molecule has 10 heteroatoms. The third-order valence-corrected chi connectivity index (χ3v) is 13.0. The highest BCUT2D eigenvalue weighted by atomic mass is 28.4. The second-order valence-electron chi connectivity index (χ2n) is 12.7. The summed E-state index contributed by atoms with van der Waals surface area (Å²) in [5, 5.41) is 20.8. The number of benzene rings is 1. The fourth-order valence-corrected chi connectivity index (χ4v) is 5.96. The molecule has 0 spiro atoms. The summed E-state index contributed by atoms with van der Waals surface area (Å²) in [4.78, 5) is 22.4. The Bertz CT molecular complexity index is 927. The predicted molar refractivity (Wildman–Crippen MR) is 163 cm³/mol. The lowest BCUT2D eigenvalue weighted by Gasteiger charge is -2.36. The first-order chi connectivity index (χ1) is 19.4. The van der Waals surface area contributed by atoms with Crippen LogP contribution in [0.15, 0.2) is 18.2 Å². The molecule has 0 aliphatic carbocycles. The smallest absolute Gasteiger partial charge is 0.449 e. The van der Waals surface area contributed by atoms with Gasteiger partial charge in [0.05, 0.1) is 4.92 Å². The molecule has 2 rings (SSSR count). The van der Waals surface area contributed by atoms with Gasteiger partial charge in [0, 0.05) is 37.5 Å². The monoisotopic (exact) mass is 595 g/mol. The standard InChI is InChI=1S/C31H53NO8Si/c1-31(2,3)41(4,5)39-23-20-25(27-24-26(32(35)36)18-19-28(27)40-30(33)34)16-12-10-8-6-7-9-11-14-21-37-29-17-13-15-22-38-29/h18-19,24-25,29H,6-17,20-23H2,1-5H3,(H,33,34). The van der Waals surface area contributed by atoms with Crippen molar-refractivity contribution in [2.45, 2.75) is 135 Å². The van der Waals surface area contributed by atoms with Crippen LogP contribution < -0.4 is 4.74 Å². The number of nitrogens with zero attached hydrogens (tertiary/aromatic N) is 1. The molecule has 1 aliphatic heterocycles. The molecule has 9 nitrogen and oxygen atoms in total. The van der Waals surface area contributed by atoms with Crippen LogP contribution in [0.1, 0.15) is 116 Å². The summed E-state index contributed by atoms with van der Waals surface area (Å²) >= 11 is 0. The molecule has 2 atom stereocenters. The lowest BCUT2D eigenvalue weighted by atomic mass is 9.89. The molecular formula is C31H53NO8Si. The quantitative estimate of drug-likeness (QED) is 0.0420. The van der Waals surface area contributed by atoms with Crippen molar-refractivity contribution in [1.29, 1.82) is 0 Å². The van der Waals surface area contributed by atoms with Crippen molar-refractivity contribution >= 4 is 20.2 Å². The van der Waals surface area contributed by atoms with Crippen LogP contribution in [0.4, 0.5) is 10.5 Å². The number of hydrogen-bond acceptors (Lipinski definition) is 7. The first kappa shape index (κ1) is 35.2. The molecule has 0 bridgehead atoms. The van der Waals surface area contributed by atoms with E-state index in [0.717, 1.165) is 58.2 Å². The number of ether oxygens (including phenoxy) is 3. The zero-order chi connectivity index (χ0) is 30.3. The van der Waals surface area contributed by atoms with Crippen molar-refractivity contribution in [2.24, 2.45) is 0 Å². The van der Waals surface area contributed by atoms with E-state index in [9.17, 15) is 20.0 Å². The first-order valence-electron chi connectivity index (χ1n) is 15.5.